The predicted octanol–water partition coefficient (Wildman–Crippen LogP) is 13.9. The van der Waals surface area contributed by atoms with Crippen LogP contribution in [-0.2, 0) is 0 Å². The summed E-state index contributed by atoms with van der Waals surface area (Å²) >= 11 is 1.80. The molecule has 5 nitrogen and oxygen atoms in total. The number of rotatable bonds is 4. The molecule has 0 spiro atoms. The number of furan rings is 1. The van der Waals surface area contributed by atoms with Crippen LogP contribution in [-0.4, -0.2) is 16.2 Å². The van der Waals surface area contributed by atoms with E-state index in [0.717, 1.165) is 60.7 Å². The van der Waals surface area contributed by atoms with Gasteiger partial charge in [-0.2, -0.15) is 0 Å². The summed E-state index contributed by atoms with van der Waals surface area (Å²) in [5, 5.41) is 15.6. The summed E-state index contributed by atoms with van der Waals surface area (Å²) in [7, 11) is 0. The van der Waals surface area contributed by atoms with Gasteiger partial charge in [0.05, 0.1) is 16.6 Å². The molecule has 276 valence electrons. The molecule has 0 fully saturated rings. The number of benzene rings is 9. The average molecular weight is 773 g/mol. The lowest BCUT2D eigenvalue weighted by atomic mass is 10.0. The molecular formula is C53H32N4OS. The number of nitrogens with one attached hydrogen (secondary N) is 1. The van der Waals surface area contributed by atoms with Gasteiger partial charge in [0, 0.05) is 58.5 Å². The lowest BCUT2D eigenvalue weighted by Crippen LogP contribution is -2.34. The Bertz CT molecular complexity index is 3780. The third-order valence-electron chi connectivity index (χ3n) is 12.0. The van der Waals surface area contributed by atoms with Crippen molar-refractivity contribution in [3.8, 4) is 5.69 Å². The monoisotopic (exact) mass is 772 g/mol. The van der Waals surface area contributed by atoms with Gasteiger partial charge in [0.25, 0.3) is 0 Å². The summed E-state index contributed by atoms with van der Waals surface area (Å²) in [4.78, 5) is 11.0. The minimum atomic E-state index is -0.420. The highest BCUT2D eigenvalue weighted by atomic mass is 32.1. The molecule has 13 rings (SSSR count). The second-order valence-electron chi connectivity index (χ2n) is 15.3. The molecular weight excluding hydrogens is 741 g/mol. The Balaban J connectivity index is 1.11. The topological polar surface area (TPSA) is 54.8 Å². The molecule has 0 saturated heterocycles. The maximum Gasteiger partial charge on any atom is 0.160 e. The van der Waals surface area contributed by atoms with Crippen molar-refractivity contribution in [1.82, 2.24) is 9.88 Å². The number of thiophene rings is 1. The van der Waals surface area contributed by atoms with Gasteiger partial charge in [-0.25, -0.2) is 9.98 Å². The molecule has 59 heavy (non-hydrogen) atoms. The standard InChI is InChI=1S/C53H32N4OS/c1-2-15-33-28-46-42(27-32(33)14-1)36-18-5-8-24-45(36)57(46)34-29-43-37-19-6-9-25-47(37)58-49(43)44(30-34)53-55-51(40-22-11-16-31-13-3-4-17-35(31)40)54-52(56-53)41-23-12-21-39-38-20-7-10-26-48(38)59-50(39)41/h1-30,51H,(H,54,55,56). The van der Waals surface area contributed by atoms with Crippen LogP contribution < -0.4 is 5.32 Å². The van der Waals surface area contributed by atoms with Gasteiger partial charge in [-0.1, -0.05) is 133 Å². The number of amidine groups is 2. The molecule has 6 heteroatoms. The highest BCUT2D eigenvalue weighted by Crippen LogP contribution is 2.41. The summed E-state index contributed by atoms with van der Waals surface area (Å²) in [5.74, 6) is 1.40. The normalized spacial score (nSPS) is 14.6. The smallest absolute Gasteiger partial charge is 0.160 e. The quantitative estimate of drug-likeness (QED) is 0.194. The predicted molar refractivity (Wildman–Crippen MR) is 248 cm³/mol. The zero-order valence-corrected chi connectivity index (χ0v) is 32.4. The zero-order valence-electron chi connectivity index (χ0n) is 31.6. The summed E-state index contributed by atoms with van der Waals surface area (Å²) in [6.07, 6.45) is -0.420. The molecule has 0 saturated carbocycles. The van der Waals surface area contributed by atoms with E-state index in [-0.39, 0.29) is 0 Å². The fourth-order valence-corrected chi connectivity index (χ4v) is 10.5. The second-order valence-corrected chi connectivity index (χ2v) is 16.4. The molecule has 1 atom stereocenters. The number of nitrogens with zero attached hydrogens (tertiary/aromatic N) is 3. The average Bonchev–Trinajstić information content (AvgIpc) is 3.97. The van der Waals surface area contributed by atoms with Crippen molar-refractivity contribution in [2.75, 3.05) is 0 Å². The number of hydrogen-bond donors (Lipinski definition) is 1. The van der Waals surface area contributed by atoms with Crippen molar-refractivity contribution in [2.24, 2.45) is 9.98 Å². The first-order valence-corrected chi connectivity index (χ1v) is 20.7. The molecule has 3 aromatic heterocycles. The maximum absolute atomic E-state index is 6.84. The van der Waals surface area contributed by atoms with Crippen LogP contribution in [0.1, 0.15) is 22.9 Å². The van der Waals surface area contributed by atoms with E-state index in [9.17, 15) is 0 Å². The SMILES string of the molecule is c1ccc2cc3c(cc2c1)c1ccccc1n3-c1cc(C2=NC(c3cccc4c3sc3ccccc34)=NC(c3cccc4ccccc34)N2)c2oc3ccccc3c2c1. The van der Waals surface area contributed by atoms with Crippen LogP contribution in [0.4, 0.5) is 0 Å². The molecule has 0 bridgehead atoms. The van der Waals surface area contributed by atoms with Crippen LogP contribution in [0.3, 0.4) is 0 Å². The van der Waals surface area contributed by atoms with Gasteiger partial charge >= 0.3 is 0 Å². The van der Waals surface area contributed by atoms with E-state index in [1.165, 1.54) is 47.1 Å². The van der Waals surface area contributed by atoms with Crippen LogP contribution in [0.15, 0.2) is 196 Å². The third kappa shape index (κ3) is 4.90. The van der Waals surface area contributed by atoms with Crippen molar-refractivity contribution >= 4 is 108 Å². The molecule has 1 aliphatic heterocycles. The molecule has 9 aromatic carbocycles. The van der Waals surface area contributed by atoms with Gasteiger partial charge in [0.15, 0.2) is 5.84 Å². The molecule has 0 amide bonds. The number of para-hydroxylation sites is 2. The Labute approximate surface area is 341 Å². The zero-order chi connectivity index (χ0) is 38.6. The van der Waals surface area contributed by atoms with Gasteiger partial charge in [0.1, 0.15) is 23.2 Å². The van der Waals surface area contributed by atoms with E-state index >= 15 is 0 Å². The van der Waals surface area contributed by atoms with Gasteiger partial charge < -0.3 is 14.3 Å². The number of aliphatic imine (C=N–C) groups is 2. The van der Waals surface area contributed by atoms with Crippen LogP contribution in [0.2, 0.25) is 0 Å². The molecule has 0 radical (unpaired) electrons. The number of fused-ring (bicyclic) bond motifs is 11. The van der Waals surface area contributed by atoms with Gasteiger partial charge in [-0.3, -0.25) is 0 Å². The Morgan fingerprint density at radius 2 is 1.20 bits per heavy atom. The van der Waals surface area contributed by atoms with Crippen molar-refractivity contribution < 1.29 is 4.42 Å². The van der Waals surface area contributed by atoms with Crippen LogP contribution >= 0.6 is 11.3 Å². The molecule has 1 unspecified atom stereocenters. The van der Waals surface area contributed by atoms with Crippen LogP contribution in [0.25, 0.3) is 91.1 Å². The summed E-state index contributed by atoms with van der Waals surface area (Å²) in [6, 6.07) is 65.0. The van der Waals surface area contributed by atoms with Crippen molar-refractivity contribution in [3.63, 3.8) is 0 Å². The summed E-state index contributed by atoms with van der Waals surface area (Å²) in [5.41, 5.74) is 7.91. The lowest BCUT2D eigenvalue weighted by Gasteiger charge is -2.25. The Kier molecular flexibility index (Phi) is 6.88. The van der Waals surface area contributed by atoms with Crippen molar-refractivity contribution in [2.45, 2.75) is 6.17 Å². The molecule has 1 N–H and O–H groups in total. The van der Waals surface area contributed by atoms with Gasteiger partial charge in [0.2, 0.25) is 0 Å². The number of hydrogen-bond acceptors (Lipinski definition) is 5. The Morgan fingerprint density at radius 1 is 0.508 bits per heavy atom. The summed E-state index contributed by atoms with van der Waals surface area (Å²) < 4.78 is 11.7. The largest absolute Gasteiger partial charge is 0.455 e. The lowest BCUT2D eigenvalue weighted by molar-refractivity contribution is 0.661. The highest BCUT2D eigenvalue weighted by Gasteiger charge is 2.27. The van der Waals surface area contributed by atoms with E-state index < -0.39 is 6.17 Å². The minimum absolute atomic E-state index is 0.420. The van der Waals surface area contributed by atoms with Gasteiger partial charge in [-0.05, 0) is 70.1 Å². The van der Waals surface area contributed by atoms with E-state index in [0.29, 0.717) is 11.7 Å². The van der Waals surface area contributed by atoms with Crippen molar-refractivity contribution in [1.29, 1.82) is 0 Å². The summed E-state index contributed by atoms with van der Waals surface area (Å²) in [6.45, 7) is 0. The first-order chi connectivity index (χ1) is 29.2. The first-order valence-electron chi connectivity index (χ1n) is 19.9. The van der Waals surface area contributed by atoms with Gasteiger partial charge in [-0.15, -0.1) is 11.3 Å². The fourth-order valence-electron chi connectivity index (χ4n) is 9.33. The first kappa shape index (κ1) is 32.5. The fraction of sp³-hybridized carbons (Fsp3) is 0.0189. The van der Waals surface area contributed by atoms with E-state index in [1.807, 2.05) is 6.07 Å². The van der Waals surface area contributed by atoms with Crippen LogP contribution in [0.5, 0.6) is 0 Å². The molecule has 0 aliphatic carbocycles. The van der Waals surface area contributed by atoms with Crippen LogP contribution in [0, 0.1) is 0 Å². The number of aromatic nitrogens is 1. The van der Waals surface area contributed by atoms with E-state index in [4.69, 9.17) is 14.4 Å². The minimum Gasteiger partial charge on any atom is -0.455 e. The highest BCUT2D eigenvalue weighted by molar-refractivity contribution is 7.26. The Morgan fingerprint density at radius 3 is 2.10 bits per heavy atom. The van der Waals surface area contributed by atoms with Crippen molar-refractivity contribution in [3.05, 3.63) is 199 Å². The van der Waals surface area contributed by atoms with E-state index in [2.05, 4.69) is 186 Å². The maximum atomic E-state index is 6.84. The molecule has 4 heterocycles. The Hall–Kier alpha value is -7.54. The van der Waals surface area contributed by atoms with E-state index in [1.54, 1.807) is 11.3 Å². The third-order valence-corrected chi connectivity index (χ3v) is 13.2. The second kappa shape index (κ2) is 12.5. The molecule has 12 aromatic rings. The molecule has 1 aliphatic rings.